The van der Waals surface area contributed by atoms with Gasteiger partial charge < -0.3 is 9.47 Å². The molecule has 0 bridgehead atoms. The third kappa shape index (κ3) is 6.26. The lowest BCUT2D eigenvalue weighted by Gasteiger charge is -2.19. The van der Waals surface area contributed by atoms with Gasteiger partial charge in [-0.1, -0.05) is 0 Å². The molecule has 19 heavy (non-hydrogen) atoms. The van der Waals surface area contributed by atoms with Crippen LogP contribution >= 0.6 is 11.8 Å². The van der Waals surface area contributed by atoms with Gasteiger partial charge in [-0.2, -0.15) is 0 Å². The third-order valence-electron chi connectivity index (χ3n) is 2.49. The molecule has 1 heterocycles. The number of ether oxygens (including phenoxy) is 2. The second kappa shape index (κ2) is 7.12. The normalized spacial score (nSPS) is 23.2. The molecule has 0 saturated carbocycles. The predicted molar refractivity (Wildman–Crippen MR) is 73.4 cm³/mol. The van der Waals surface area contributed by atoms with Crippen LogP contribution in [0.5, 0.6) is 0 Å². The summed E-state index contributed by atoms with van der Waals surface area (Å²) in [7, 11) is 0. The van der Waals surface area contributed by atoms with E-state index >= 15 is 0 Å². The number of carbonyl (C=O) groups is 2. The first-order chi connectivity index (χ1) is 8.81. The smallest absolute Gasteiger partial charge is 0.316 e. The lowest BCUT2D eigenvalue weighted by Crippen LogP contribution is -2.39. The molecule has 1 aliphatic rings. The van der Waals surface area contributed by atoms with E-state index in [9.17, 15) is 9.59 Å². The number of hydrazine groups is 1. The van der Waals surface area contributed by atoms with E-state index < -0.39 is 11.7 Å². The Morgan fingerprint density at radius 3 is 2.68 bits per heavy atom. The van der Waals surface area contributed by atoms with Crippen LogP contribution in [0.2, 0.25) is 0 Å². The highest BCUT2D eigenvalue weighted by molar-refractivity contribution is 7.99. The Morgan fingerprint density at radius 2 is 2.11 bits per heavy atom. The second-order valence-electron chi connectivity index (χ2n) is 5.43. The lowest BCUT2D eigenvalue weighted by atomic mass is 10.2. The molecule has 110 valence electrons. The van der Waals surface area contributed by atoms with E-state index in [4.69, 9.17) is 15.3 Å². The quantitative estimate of drug-likeness (QED) is 0.333. The van der Waals surface area contributed by atoms with Crippen molar-refractivity contribution in [1.82, 2.24) is 5.43 Å². The third-order valence-corrected chi connectivity index (χ3v) is 3.53. The van der Waals surface area contributed by atoms with Crippen molar-refractivity contribution in [3.8, 4) is 0 Å². The van der Waals surface area contributed by atoms with Crippen LogP contribution in [0.25, 0.3) is 0 Å². The Morgan fingerprint density at radius 1 is 1.42 bits per heavy atom. The molecule has 1 fully saturated rings. The zero-order valence-electron chi connectivity index (χ0n) is 11.6. The average molecular weight is 290 g/mol. The number of nitrogens with one attached hydrogen (secondary N) is 1. The monoisotopic (exact) mass is 290 g/mol. The van der Waals surface area contributed by atoms with Crippen LogP contribution < -0.4 is 11.3 Å². The maximum atomic E-state index is 11.5. The molecule has 0 radical (unpaired) electrons. The van der Waals surface area contributed by atoms with Gasteiger partial charge in [0.25, 0.3) is 5.91 Å². The zero-order valence-corrected chi connectivity index (χ0v) is 12.4. The minimum atomic E-state index is -0.461. The van der Waals surface area contributed by atoms with Crippen molar-refractivity contribution in [1.29, 1.82) is 0 Å². The average Bonchev–Trinajstić information content (AvgIpc) is 2.74. The fourth-order valence-electron chi connectivity index (χ4n) is 1.76. The number of nitrogens with two attached hydrogens (primary N) is 1. The van der Waals surface area contributed by atoms with Crippen LogP contribution in [0.3, 0.4) is 0 Å². The SMILES string of the molecule is CC(C)(C)OC(=O)CSCC1CCC(C(=O)NN)O1. The molecule has 0 aromatic heterocycles. The molecular weight excluding hydrogens is 268 g/mol. The van der Waals surface area contributed by atoms with Crippen molar-refractivity contribution in [2.75, 3.05) is 11.5 Å². The first-order valence-corrected chi connectivity index (χ1v) is 7.43. The number of thioether (sulfide) groups is 1. The summed E-state index contributed by atoms with van der Waals surface area (Å²) in [4.78, 5) is 22.7. The number of hydrogen-bond donors (Lipinski definition) is 2. The summed E-state index contributed by atoms with van der Waals surface area (Å²) in [5, 5.41) is 0. The first-order valence-electron chi connectivity index (χ1n) is 6.27. The predicted octanol–water partition coefficient (Wildman–Crippen LogP) is 0.599. The summed E-state index contributed by atoms with van der Waals surface area (Å²) < 4.78 is 10.7. The molecule has 1 rings (SSSR count). The Balaban J connectivity index is 2.18. The largest absolute Gasteiger partial charge is 0.459 e. The van der Waals surface area contributed by atoms with Crippen molar-refractivity contribution in [3.05, 3.63) is 0 Å². The van der Waals surface area contributed by atoms with Gasteiger partial charge in [-0.15, -0.1) is 11.8 Å². The van der Waals surface area contributed by atoms with E-state index in [1.807, 2.05) is 20.8 Å². The molecule has 7 heteroatoms. The van der Waals surface area contributed by atoms with E-state index in [-0.39, 0.29) is 18.0 Å². The molecule has 0 aliphatic carbocycles. The standard InChI is InChI=1S/C12H22N2O4S/c1-12(2,3)18-10(15)7-19-6-8-4-5-9(17-8)11(16)14-13/h8-9H,4-7,13H2,1-3H3,(H,14,16). The van der Waals surface area contributed by atoms with Gasteiger partial charge >= 0.3 is 5.97 Å². The molecule has 0 aromatic carbocycles. The van der Waals surface area contributed by atoms with Crippen LogP contribution in [-0.2, 0) is 19.1 Å². The van der Waals surface area contributed by atoms with Crippen molar-refractivity contribution in [2.45, 2.75) is 51.4 Å². The molecule has 1 aliphatic heterocycles. The second-order valence-corrected chi connectivity index (χ2v) is 6.46. The number of amides is 1. The lowest BCUT2D eigenvalue weighted by molar-refractivity contribution is -0.151. The van der Waals surface area contributed by atoms with E-state index in [0.717, 1.165) is 6.42 Å². The molecular formula is C12H22N2O4S. The van der Waals surface area contributed by atoms with E-state index in [1.54, 1.807) is 0 Å². The van der Waals surface area contributed by atoms with Crippen molar-refractivity contribution in [2.24, 2.45) is 5.84 Å². The van der Waals surface area contributed by atoms with Crippen LogP contribution in [0.4, 0.5) is 0 Å². The molecule has 0 aromatic rings. The van der Waals surface area contributed by atoms with E-state index in [2.05, 4.69) is 5.43 Å². The molecule has 0 spiro atoms. The van der Waals surface area contributed by atoms with Gasteiger partial charge in [0.15, 0.2) is 0 Å². The summed E-state index contributed by atoms with van der Waals surface area (Å²) in [6.45, 7) is 5.52. The summed E-state index contributed by atoms with van der Waals surface area (Å²) in [6, 6.07) is 0. The Labute approximate surface area is 117 Å². The van der Waals surface area contributed by atoms with Crippen molar-refractivity contribution >= 4 is 23.6 Å². The topological polar surface area (TPSA) is 90.7 Å². The van der Waals surface area contributed by atoms with Gasteiger partial charge in [0.2, 0.25) is 0 Å². The Bertz CT molecular complexity index is 330. The number of carbonyl (C=O) groups excluding carboxylic acids is 2. The van der Waals surface area contributed by atoms with Crippen LogP contribution in [0.1, 0.15) is 33.6 Å². The minimum Gasteiger partial charge on any atom is -0.459 e. The molecule has 2 atom stereocenters. The van der Waals surface area contributed by atoms with Crippen LogP contribution in [0.15, 0.2) is 0 Å². The summed E-state index contributed by atoms with van der Waals surface area (Å²) >= 11 is 1.46. The van der Waals surface area contributed by atoms with E-state index in [1.165, 1.54) is 11.8 Å². The Kier molecular flexibility index (Phi) is 6.09. The first kappa shape index (κ1) is 16.3. The van der Waals surface area contributed by atoms with E-state index in [0.29, 0.717) is 17.9 Å². The summed E-state index contributed by atoms with van der Waals surface area (Å²) in [5.74, 6) is 5.50. The van der Waals surface area contributed by atoms with Crippen molar-refractivity contribution < 1.29 is 19.1 Å². The Hall–Kier alpha value is -0.790. The van der Waals surface area contributed by atoms with Crippen molar-refractivity contribution in [3.63, 3.8) is 0 Å². The highest BCUT2D eigenvalue weighted by atomic mass is 32.2. The van der Waals surface area contributed by atoms with Gasteiger partial charge in [-0.3, -0.25) is 15.0 Å². The van der Waals surface area contributed by atoms with Crippen LogP contribution in [0, 0.1) is 0 Å². The highest BCUT2D eigenvalue weighted by Gasteiger charge is 2.30. The number of rotatable bonds is 5. The maximum absolute atomic E-state index is 11.5. The highest BCUT2D eigenvalue weighted by Crippen LogP contribution is 2.23. The molecule has 1 amide bonds. The zero-order chi connectivity index (χ0) is 14.5. The summed E-state index contributed by atoms with van der Waals surface area (Å²) in [5.41, 5.74) is 1.63. The molecule has 6 nitrogen and oxygen atoms in total. The number of esters is 1. The maximum Gasteiger partial charge on any atom is 0.316 e. The van der Waals surface area contributed by atoms with Gasteiger partial charge in [-0.05, 0) is 33.6 Å². The minimum absolute atomic E-state index is 0.00487. The van der Waals surface area contributed by atoms with Gasteiger partial charge in [0.05, 0.1) is 11.9 Å². The molecule has 2 unspecified atom stereocenters. The van der Waals surface area contributed by atoms with Crippen LogP contribution in [-0.4, -0.2) is 41.2 Å². The van der Waals surface area contributed by atoms with Gasteiger partial charge in [0.1, 0.15) is 11.7 Å². The molecule has 1 saturated heterocycles. The fraction of sp³-hybridized carbons (Fsp3) is 0.833. The molecule has 3 N–H and O–H groups in total. The fourth-order valence-corrected chi connectivity index (χ4v) is 2.61. The number of hydrogen-bond acceptors (Lipinski definition) is 6. The van der Waals surface area contributed by atoms with Gasteiger partial charge in [0, 0.05) is 5.75 Å². The summed E-state index contributed by atoms with van der Waals surface area (Å²) in [6.07, 6.45) is 1.01. The van der Waals surface area contributed by atoms with Gasteiger partial charge in [-0.25, -0.2) is 5.84 Å².